The van der Waals surface area contributed by atoms with Gasteiger partial charge in [0, 0.05) is 4.47 Å². The highest BCUT2D eigenvalue weighted by atomic mass is 79.9. The fourth-order valence-corrected chi connectivity index (χ4v) is 2.89. The van der Waals surface area contributed by atoms with E-state index in [0.29, 0.717) is 11.3 Å². The van der Waals surface area contributed by atoms with Crippen molar-refractivity contribution in [2.24, 2.45) is 5.73 Å². The second kappa shape index (κ2) is 4.69. The third-order valence-corrected chi connectivity index (χ3v) is 3.99. The molecule has 0 aromatic heterocycles. The number of halogens is 1. The van der Waals surface area contributed by atoms with Gasteiger partial charge in [-0.05, 0) is 11.6 Å². The zero-order valence-corrected chi connectivity index (χ0v) is 11.8. The van der Waals surface area contributed by atoms with Crippen molar-refractivity contribution in [2.75, 3.05) is 6.61 Å². The molecule has 2 N–H and O–H groups in total. The molecule has 1 aromatic carbocycles. The molecular weight excluding hydrogens is 324 g/mol. The van der Waals surface area contributed by atoms with Crippen LogP contribution < -0.4 is 5.73 Å². The van der Waals surface area contributed by atoms with E-state index in [-0.39, 0.29) is 18.1 Å². The third kappa shape index (κ3) is 1.79. The molecule has 0 aliphatic carbocycles. The second-order valence-electron chi connectivity index (χ2n) is 4.36. The van der Waals surface area contributed by atoms with Crippen molar-refractivity contribution < 1.29 is 14.3 Å². The van der Waals surface area contributed by atoms with E-state index in [2.05, 4.69) is 15.9 Å². The summed E-state index contributed by atoms with van der Waals surface area (Å²) in [5, 5.41) is 9.33. The van der Waals surface area contributed by atoms with Gasteiger partial charge < -0.3 is 15.2 Å². The molecule has 1 atom stereocenters. The Bertz CT molecular complexity index is 715. The van der Waals surface area contributed by atoms with Gasteiger partial charge in [0.25, 0.3) is 0 Å². The van der Waals surface area contributed by atoms with Crippen molar-refractivity contribution in [1.82, 2.24) is 0 Å². The molecule has 2 aliphatic rings. The van der Waals surface area contributed by atoms with Crippen LogP contribution in [0.25, 0.3) is 0 Å². The fourth-order valence-electron chi connectivity index (χ4n) is 2.38. The van der Waals surface area contributed by atoms with E-state index in [1.54, 1.807) is 0 Å². The normalized spacial score (nSPS) is 21.2. The first kappa shape index (κ1) is 12.8. The molecule has 6 heteroatoms. The average molecular weight is 333 g/mol. The maximum atomic E-state index is 11.9. The lowest BCUT2D eigenvalue weighted by atomic mass is 9.83. The Morgan fingerprint density at radius 2 is 2.15 bits per heavy atom. The molecule has 0 spiro atoms. The molecule has 2 aliphatic heterocycles. The number of cyclic esters (lactones) is 1. The summed E-state index contributed by atoms with van der Waals surface area (Å²) in [6, 6.07) is 9.40. The van der Waals surface area contributed by atoms with Crippen LogP contribution in [0, 0.1) is 11.3 Å². The average Bonchev–Trinajstić information content (AvgIpc) is 2.79. The number of nitriles is 1. The van der Waals surface area contributed by atoms with E-state index >= 15 is 0 Å². The largest absolute Gasteiger partial charge is 0.454 e. The summed E-state index contributed by atoms with van der Waals surface area (Å²) in [5.74, 6) is -0.632. The SMILES string of the molecule is N#CC1=C(N)OC2=C(C(=O)OC2)[C@H]1c1ccccc1Br. The van der Waals surface area contributed by atoms with Gasteiger partial charge in [0.1, 0.15) is 18.2 Å². The molecule has 0 amide bonds. The first-order valence-corrected chi connectivity index (χ1v) is 6.65. The second-order valence-corrected chi connectivity index (χ2v) is 5.21. The molecule has 3 rings (SSSR count). The van der Waals surface area contributed by atoms with Gasteiger partial charge >= 0.3 is 5.97 Å². The number of allylic oxidation sites excluding steroid dienone is 1. The van der Waals surface area contributed by atoms with Gasteiger partial charge in [-0.3, -0.25) is 0 Å². The van der Waals surface area contributed by atoms with Crippen molar-refractivity contribution in [3.05, 3.63) is 57.1 Å². The minimum atomic E-state index is -0.561. The first-order chi connectivity index (χ1) is 9.63. The molecule has 20 heavy (non-hydrogen) atoms. The van der Waals surface area contributed by atoms with Gasteiger partial charge in [0.05, 0.1) is 11.5 Å². The van der Waals surface area contributed by atoms with Gasteiger partial charge in [0.15, 0.2) is 5.76 Å². The summed E-state index contributed by atoms with van der Waals surface area (Å²) in [4.78, 5) is 11.9. The summed E-state index contributed by atoms with van der Waals surface area (Å²) in [5.41, 5.74) is 7.13. The Balaban J connectivity index is 2.22. The number of hydrogen-bond acceptors (Lipinski definition) is 5. The zero-order valence-electron chi connectivity index (χ0n) is 10.2. The van der Waals surface area contributed by atoms with Crippen LogP contribution in [0.5, 0.6) is 0 Å². The van der Waals surface area contributed by atoms with Crippen LogP contribution in [0.4, 0.5) is 0 Å². The third-order valence-electron chi connectivity index (χ3n) is 3.27. The number of nitrogens with two attached hydrogens (primary N) is 1. The molecule has 0 saturated carbocycles. The number of esters is 1. The molecule has 100 valence electrons. The van der Waals surface area contributed by atoms with Crippen molar-refractivity contribution >= 4 is 21.9 Å². The van der Waals surface area contributed by atoms with Crippen molar-refractivity contribution in [2.45, 2.75) is 5.92 Å². The Morgan fingerprint density at radius 3 is 2.85 bits per heavy atom. The standard InChI is InChI=1S/C14H9BrN2O3/c15-9-4-2-1-3-7(9)11-8(5-16)13(17)20-10-6-19-14(18)12(10)11/h1-4,11H,6,17H2/t11-/m0/s1. The summed E-state index contributed by atoms with van der Waals surface area (Å²) >= 11 is 3.44. The molecule has 0 bridgehead atoms. The molecular formula is C14H9BrN2O3. The number of carbonyl (C=O) groups excluding carboxylic acids is 1. The molecule has 0 radical (unpaired) electrons. The van der Waals surface area contributed by atoms with E-state index in [4.69, 9.17) is 15.2 Å². The Labute approximate surface area is 123 Å². The van der Waals surface area contributed by atoms with Gasteiger partial charge in [-0.25, -0.2) is 4.79 Å². The van der Waals surface area contributed by atoms with Crippen molar-refractivity contribution in [1.29, 1.82) is 5.26 Å². The first-order valence-electron chi connectivity index (χ1n) is 5.85. The highest BCUT2D eigenvalue weighted by Crippen LogP contribution is 2.43. The smallest absolute Gasteiger partial charge is 0.339 e. The summed E-state index contributed by atoms with van der Waals surface area (Å²) in [6.45, 7) is 0.0501. The van der Waals surface area contributed by atoms with Crippen LogP contribution in [-0.2, 0) is 14.3 Å². The minimum Gasteiger partial charge on any atom is -0.454 e. The Kier molecular flexibility index (Phi) is 2.99. The van der Waals surface area contributed by atoms with E-state index in [1.165, 1.54) is 0 Å². The molecule has 5 nitrogen and oxygen atoms in total. The predicted octanol–water partition coefficient (Wildman–Crippen LogP) is 2.07. The summed E-state index contributed by atoms with van der Waals surface area (Å²) in [7, 11) is 0. The highest BCUT2D eigenvalue weighted by molar-refractivity contribution is 9.10. The van der Waals surface area contributed by atoms with Gasteiger partial charge in [-0.2, -0.15) is 5.26 Å². The van der Waals surface area contributed by atoms with E-state index in [9.17, 15) is 10.1 Å². The van der Waals surface area contributed by atoms with Gasteiger partial charge in [-0.1, -0.05) is 34.1 Å². The number of ether oxygens (including phenoxy) is 2. The molecule has 0 unspecified atom stereocenters. The molecule has 2 heterocycles. The fraction of sp³-hybridized carbons (Fsp3) is 0.143. The highest BCUT2D eigenvalue weighted by Gasteiger charge is 2.41. The van der Waals surface area contributed by atoms with Crippen molar-refractivity contribution in [3.8, 4) is 6.07 Å². The van der Waals surface area contributed by atoms with Crippen LogP contribution in [-0.4, -0.2) is 12.6 Å². The van der Waals surface area contributed by atoms with Crippen LogP contribution in [0.15, 0.2) is 51.5 Å². The zero-order chi connectivity index (χ0) is 14.3. The Hall–Kier alpha value is -2.26. The van der Waals surface area contributed by atoms with E-state index in [1.807, 2.05) is 30.3 Å². The summed E-state index contributed by atoms with van der Waals surface area (Å²) < 4.78 is 11.1. The lowest BCUT2D eigenvalue weighted by Gasteiger charge is -2.24. The molecule has 1 aromatic rings. The van der Waals surface area contributed by atoms with E-state index in [0.717, 1.165) is 10.0 Å². The topological polar surface area (TPSA) is 85.3 Å². The lowest BCUT2D eigenvalue weighted by molar-refractivity contribution is -0.136. The van der Waals surface area contributed by atoms with Gasteiger partial charge in [-0.15, -0.1) is 0 Å². The maximum absolute atomic E-state index is 11.9. The van der Waals surface area contributed by atoms with E-state index < -0.39 is 11.9 Å². The van der Waals surface area contributed by atoms with Gasteiger partial charge in [0.2, 0.25) is 5.88 Å². The maximum Gasteiger partial charge on any atom is 0.339 e. The summed E-state index contributed by atoms with van der Waals surface area (Å²) in [6.07, 6.45) is 0. The number of benzene rings is 1. The minimum absolute atomic E-state index is 0.0188. The van der Waals surface area contributed by atoms with Crippen molar-refractivity contribution in [3.63, 3.8) is 0 Å². The quantitative estimate of drug-likeness (QED) is 0.795. The van der Waals surface area contributed by atoms with Crippen LogP contribution in [0.3, 0.4) is 0 Å². The number of carbonyl (C=O) groups is 1. The number of hydrogen-bond donors (Lipinski definition) is 1. The molecule has 0 saturated heterocycles. The molecule has 0 fully saturated rings. The number of nitrogens with zero attached hydrogens (tertiary/aromatic N) is 1. The lowest BCUT2D eigenvalue weighted by Crippen LogP contribution is -2.22. The predicted molar refractivity (Wildman–Crippen MR) is 72.8 cm³/mol. The monoisotopic (exact) mass is 332 g/mol. The van der Waals surface area contributed by atoms with Crippen LogP contribution in [0.1, 0.15) is 11.5 Å². The number of rotatable bonds is 1. The van der Waals surface area contributed by atoms with Crippen LogP contribution in [0.2, 0.25) is 0 Å². The Morgan fingerprint density at radius 1 is 1.40 bits per heavy atom. The van der Waals surface area contributed by atoms with Crippen LogP contribution >= 0.6 is 15.9 Å².